The average molecular weight is 311 g/mol. The van der Waals surface area contributed by atoms with Gasteiger partial charge in [-0.25, -0.2) is 0 Å². The van der Waals surface area contributed by atoms with E-state index in [9.17, 15) is 4.79 Å². The summed E-state index contributed by atoms with van der Waals surface area (Å²) >= 11 is 11.8. The second-order valence-electron chi connectivity index (χ2n) is 4.04. The largest absolute Gasteiger partial charge is 0.497 e. The first-order valence-electron chi connectivity index (χ1n) is 5.71. The van der Waals surface area contributed by atoms with Crippen molar-refractivity contribution < 1.29 is 9.53 Å². The summed E-state index contributed by atoms with van der Waals surface area (Å²) in [5.74, 6) is 0.407. The van der Waals surface area contributed by atoms with Gasteiger partial charge in [-0.2, -0.15) is 0 Å². The van der Waals surface area contributed by atoms with Crippen LogP contribution in [0.2, 0.25) is 10.0 Å². The molecule has 0 aliphatic rings. The molecule has 0 aliphatic heterocycles. The minimum absolute atomic E-state index is 0.274. The molecule has 2 rings (SSSR count). The number of ether oxygens (including phenoxy) is 1. The Hall–Kier alpha value is -1.91. The molecule has 1 amide bonds. The molecule has 4 nitrogen and oxygen atoms in total. The van der Waals surface area contributed by atoms with Gasteiger partial charge in [0.15, 0.2) is 0 Å². The van der Waals surface area contributed by atoms with Gasteiger partial charge in [-0.15, -0.1) is 0 Å². The lowest BCUT2D eigenvalue weighted by Crippen LogP contribution is -2.12. The maximum Gasteiger partial charge on any atom is 0.255 e. The summed E-state index contributed by atoms with van der Waals surface area (Å²) in [6, 6.07) is 9.83. The third-order valence-electron chi connectivity index (χ3n) is 2.69. The molecule has 0 radical (unpaired) electrons. The number of hydrogen-bond acceptors (Lipinski definition) is 3. The minimum Gasteiger partial charge on any atom is -0.497 e. The average Bonchev–Trinajstić information content (AvgIpc) is 2.44. The van der Waals surface area contributed by atoms with Crippen LogP contribution >= 0.6 is 23.2 Å². The van der Waals surface area contributed by atoms with Crippen LogP contribution in [-0.2, 0) is 0 Å². The highest BCUT2D eigenvalue weighted by molar-refractivity contribution is 6.39. The van der Waals surface area contributed by atoms with Crippen LogP contribution < -0.4 is 15.8 Å². The van der Waals surface area contributed by atoms with E-state index in [-0.39, 0.29) is 11.6 Å². The molecule has 6 heteroatoms. The normalized spacial score (nSPS) is 10.2. The Bertz CT molecular complexity index is 619. The Morgan fingerprint density at radius 3 is 2.20 bits per heavy atom. The van der Waals surface area contributed by atoms with E-state index >= 15 is 0 Å². The number of nitrogen functional groups attached to an aromatic ring is 1. The third-order valence-corrected chi connectivity index (χ3v) is 3.31. The van der Waals surface area contributed by atoms with Gasteiger partial charge in [0.05, 0.1) is 22.8 Å². The van der Waals surface area contributed by atoms with Crippen molar-refractivity contribution in [2.45, 2.75) is 0 Å². The van der Waals surface area contributed by atoms with Gasteiger partial charge in [0, 0.05) is 11.3 Å². The molecule has 0 spiro atoms. The van der Waals surface area contributed by atoms with E-state index in [1.54, 1.807) is 43.5 Å². The van der Waals surface area contributed by atoms with Gasteiger partial charge in [-0.05, 0) is 36.4 Å². The van der Waals surface area contributed by atoms with E-state index in [0.717, 1.165) is 0 Å². The fourth-order valence-electron chi connectivity index (χ4n) is 1.60. The zero-order chi connectivity index (χ0) is 14.7. The van der Waals surface area contributed by atoms with Gasteiger partial charge < -0.3 is 15.8 Å². The highest BCUT2D eigenvalue weighted by Gasteiger charge is 2.09. The van der Waals surface area contributed by atoms with Crippen LogP contribution in [0.1, 0.15) is 10.4 Å². The van der Waals surface area contributed by atoms with E-state index in [2.05, 4.69) is 5.32 Å². The van der Waals surface area contributed by atoms with E-state index in [1.807, 2.05) is 0 Å². The molecule has 0 unspecified atom stereocenters. The van der Waals surface area contributed by atoms with Crippen molar-refractivity contribution in [2.75, 3.05) is 18.2 Å². The summed E-state index contributed by atoms with van der Waals surface area (Å²) in [5, 5.41) is 3.29. The zero-order valence-corrected chi connectivity index (χ0v) is 12.1. The molecule has 2 aromatic rings. The van der Waals surface area contributed by atoms with Crippen LogP contribution in [0.4, 0.5) is 11.4 Å². The van der Waals surface area contributed by atoms with Crippen molar-refractivity contribution in [3.8, 4) is 5.75 Å². The zero-order valence-electron chi connectivity index (χ0n) is 10.6. The van der Waals surface area contributed by atoms with E-state index in [0.29, 0.717) is 27.0 Å². The predicted molar refractivity (Wildman–Crippen MR) is 81.8 cm³/mol. The lowest BCUT2D eigenvalue weighted by atomic mass is 10.2. The van der Waals surface area contributed by atoms with E-state index in [1.165, 1.54) is 0 Å². The maximum absolute atomic E-state index is 12.1. The smallest absolute Gasteiger partial charge is 0.255 e. The molecule has 0 saturated heterocycles. The first-order valence-corrected chi connectivity index (χ1v) is 6.47. The summed E-state index contributed by atoms with van der Waals surface area (Å²) in [7, 11) is 1.56. The van der Waals surface area contributed by atoms with Crippen LogP contribution in [0.25, 0.3) is 0 Å². The lowest BCUT2D eigenvalue weighted by molar-refractivity contribution is 0.102. The monoisotopic (exact) mass is 310 g/mol. The molecule has 0 fully saturated rings. The number of rotatable bonds is 3. The molecule has 20 heavy (non-hydrogen) atoms. The molecule has 0 aliphatic carbocycles. The van der Waals surface area contributed by atoms with Crippen molar-refractivity contribution in [2.24, 2.45) is 0 Å². The van der Waals surface area contributed by atoms with Gasteiger partial charge in [0.1, 0.15) is 5.75 Å². The van der Waals surface area contributed by atoms with E-state index in [4.69, 9.17) is 33.7 Å². The molecule has 0 saturated carbocycles. The third kappa shape index (κ3) is 3.15. The van der Waals surface area contributed by atoms with Crippen molar-refractivity contribution in [1.82, 2.24) is 0 Å². The molecule has 0 atom stereocenters. The van der Waals surface area contributed by atoms with Crippen LogP contribution in [0.3, 0.4) is 0 Å². The topological polar surface area (TPSA) is 64.3 Å². The van der Waals surface area contributed by atoms with E-state index < -0.39 is 0 Å². The molecular formula is C14H12Cl2N2O2. The van der Waals surface area contributed by atoms with Gasteiger partial charge in [-0.3, -0.25) is 4.79 Å². The Morgan fingerprint density at radius 2 is 1.70 bits per heavy atom. The quantitative estimate of drug-likeness (QED) is 0.847. The second-order valence-corrected chi connectivity index (χ2v) is 4.85. The number of methoxy groups -OCH3 is 1. The van der Waals surface area contributed by atoms with Crippen LogP contribution in [0.5, 0.6) is 5.75 Å². The number of nitrogens with one attached hydrogen (secondary N) is 1. The highest BCUT2D eigenvalue weighted by Crippen LogP contribution is 2.31. The number of benzene rings is 2. The Morgan fingerprint density at radius 1 is 1.15 bits per heavy atom. The fourth-order valence-corrected chi connectivity index (χ4v) is 2.09. The molecule has 0 aromatic heterocycles. The Balaban J connectivity index is 2.18. The number of amides is 1. The van der Waals surface area contributed by atoms with Crippen LogP contribution in [0.15, 0.2) is 36.4 Å². The standard InChI is InChI=1S/C14H12Cl2N2O2/c1-20-10-4-2-8(3-5-10)14(19)18-9-6-11(15)13(17)12(16)7-9/h2-7H,17H2,1H3,(H,18,19). The molecule has 0 bridgehead atoms. The van der Waals surface area contributed by atoms with Crippen molar-refractivity contribution in [1.29, 1.82) is 0 Å². The number of hydrogen-bond donors (Lipinski definition) is 2. The summed E-state index contributed by atoms with van der Waals surface area (Å²) in [4.78, 5) is 12.1. The van der Waals surface area contributed by atoms with Crippen molar-refractivity contribution in [3.63, 3.8) is 0 Å². The number of carbonyl (C=O) groups excluding carboxylic acids is 1. The molecule has 104 valence electrons. The first-order chi connectivity index (χ1) is 9.51. The fraction of sp³-hybridized carbons (Fsp3) is 0.0714. The number of anilines is 2. The van der Waals surface area contributed by atoms with Crippen molar-refractivity contribution >= 4 is 40.5 Å². The lowest BCUT2D eigenvalue weighted by Gasteiger charge is -2.09. The first kappa shape index (κ1) is 14.5. The SMILES string of the molecule is COc1ccc(C(=O)Nc2cc(Cl)c(N)c(Cl)c2)cc1. The Labute approximate surface area is 126 Å². The van der Waals surface area contributed by atoms with Crippen LogP contribution in [0, 0.1) is 0 Å². The highest BCUT2D eigenvalue weighted by atomic mass is 35.5. The summed E-state index contributed by atoms with van der Waals surface area (Å²) in [5.41, 5.74) is 6.90. The number of halogens is 2. The summed E-state index contributed by atoms with van der Waals surface area (Å²) in [6.07, 6.45) is 0. The Kier molecular flexibility index (Phi) is 4.37. The van der Waals surface area contributed by atoms with Gasteiger partial charge in [0.25, 0.3) is 5.91 Å². The molecule has 3 N–H and O–H groups in total. The van der Waals surface area contributed by atoms with Gasteiger partial charge >= 0.3 is 0 Å². The van der Waals surface area contributed by atoms with Crippen LogP contribution in [-0.4, -0.2) is 13.0 Å². The predicted octanol–water partition coefficient (Wildman–Crippen LogP) is 3.84. The number of nitrogens with two attached hydrogens (primary N) is 1. The van der Waals surface area contributed by atoms with Gasteiger partial charge in [-0.1, -0.05) is 23.2 Å². The van der Waals surface area contributed by atoms with Gasteiger partial charge in [0.2, 0.25) is 0 Å². The summed E-state index contributed by atoms with van der Waals surface area (Å²) < 4.78 is 5.03. The van der Waals surface area contributed by atoms with Crippen molar-refractivity contribution in [3.05, 3.63) is 52.0 Å². The maximum atomic E-state index is 12.1. The molecule has 2 aromatic carbocycles. The number of carbonyl (C=O) groups is 1. The summed E-state index contributed by atoms with van der Waals surface area (Å²) in [6.45, 7) is 0. The second kappa shape index (κ2) is 6.03. The minimum atomic E-state index is -0.274. The molecule has 0 heterocycles. The molecular weight excluding hydrogens is 299 g/mol.